The fraction of sp³-hybridized carbons (Fsp3) is 0.273. The van der Waals surface area contributed by atoms with Gasteiger partial charge in [0.25, 0.3) is 13.9 Å². The molecular formula is C55H57N4O10PSi. The molecule has 0 spiro atoms. The quantitative estimate of drug-likeness (QED) is 0.0524. The predicted molar refractivity (Wildman–Crippen MR) is 275 cm³/mol. The summed E-state index contributed by atoms with van der Waals surface area (Å²) in [6.45, 7) is 10.1. The summed E-state index contributed by atoms with van der Waals surface area (Å²) in [5, 5.41) is 1.64. The first-order chi connectivity index (χ1) is 34.2. The van der Waals surface area contributed by atoms with Gasteiger partial charge in [-0.1, -0.05) is 154 Å². The standard InChI is InChI=1S/C55H57N4O10PSi/c1-37-31-45-46(32-38(37)2)59(51-49(56-45)52(60)58-54(61)57-51)33-47-50(69-70(62,64-34-39-19-11-7-12-20-39)65-35-40-21-13-8-14-22-40)48(68-53(67-47)41-27-29-42(63-6)30-28-41)36-66-71(55(3,4)5,43-23-15-9-16-24-43)44-25-17-10-18-26-44/h7-32,47-48,50,53H,33-36H2,1-6H3,(H,58,60,61)/t47-,48+,50-,53-/m0/s1. The van der Waals surface area contributed by atoms with Crippen molar-refractivity contribution in [1.82, 2.24) is 19.5 Å². The third-order valence-electron chi connectivity index (χ3n) is 12.9. The Morgan fingerprint density at radius 1 is 0.704 bits per heavy atom. The van der Waals surface area contributed by atoms with Crippen LogP contribution in [0, 0.1) is 13.8 Å². The van der Waals surface area contributed by atoms with E-state index >= 15 is 4.57 Å². The van der Waals surface area contributed by atoms with Crippen molar-refractivity contribution in [3.63, 3.8) is 0 Å². The molecule has 14 nitrogen and oxygen atoms in total. The number of methoxy groups -OCH3 is 1. The Morgan fingerprint density at radius 3 is 1.79 bits per heavy atom. The first kappa shape index (κ1) is 49.6. The zero-order valence-corrected chi connectivity index (χ0v) is 42.4. The zero-order chi connectivity index (χ0) is 49.8. The lowest BCUT2D eigenvalue weighted by Crippen LogP contribution is -2.67. The summed E-state index contributed by atoms with van der Waals surface area (Å²) in [6, 6.07) is 50.2. The maximum absolute atomic E-state index is 15.7. The van der Waals surface area contributed by atoms with Crippen LogP contribution in [0.25, 0.3) is 22.6 Å². The van der Waals surface area contributed by atoms with Crippen molar-refractivity contribution in [2.24, 2.45) is 0 Å². The van der Waals surface area contributed by atoms with Gasteiger partial charge in [-0.25, -0.2) is 14.3 Å². The second-order valence-corrected chi connectivity index (χ2v) is 24.6. The minimum absolute atomic E-state index is 0.0216. The monoisotopic (exact) mass is 992 g/mol. The van der Waals surface area contributed by atoms with Crippen LogP contribution in [0.3, 0.4) is 0 Å². The molecule has 0 saturated carbocycles. The molecule has 0 unspecified atom stereocenters. The van der Waals surface area contributed by atoms with E-state index in [1.54, 1.807) is 11.7 Å². The molecule has 3 heterocycles. The van der Waals surface area contributed by atoms with Gasteiger partial charge in [0.1, 0.15) is 24.1 Å². The number of aromatic nitrogens is 4. The van der Waals surface area contributed by atoms with Crippen molar-refractivity contribution in [3.8, 4) is 17.3 Å². The van der Waals surface area contributed by atoms with E-state index in [0.29, 0.717) is 22.3 Å². The molecule has 6 aromatic rings. The number of nitrogens with one attached hydrogen (secondary N) is 1. The smallest absolute Gasteiger partial charge is 0.475 e. The molecule has 0 aromatic heterocycles. The largest absolute Gasteiger partial charge is 0.497 e. The number of fused-ring (bicyclic) bond motifs is 2. The van der Waals surface area contributed by atoms with Crippen LogP contribution in [0.4, 0.5) is 0 Å². The average molecular weight is 993 g/mol. The van der Waals surface area contributed by atoms with Crippen LogP contribution in [0.1, 0.15) is 54.9 Å². The highest BCUT2D eigenvalue weighted by atomic mass is 31.2. The van der Waals surface area contributed by atoms with Crippen molar-refractivity contribution in [1.29, 1.82) is 0 Å². The molecule has 4 atom stereocenters. The van der Waals surface area contributed by atoms with Gasteiger partial charge in [0.05, 0.1) is 44.5 Å². The lowest BCUT2D eigenvalue weighted by Gasteiger charge is -2.46. The van der Waals surface area contributed by atoms with E-state index in [-0.39, 0.29) is 37.9 Å². The van der Waals surface area contributed by atoms with E-state index in [1.807, 2.05) is 147 Å². The van der Waals surface area contributed by atoms with E-state index in [0.717, 1.165) is 32.6 Å². The summed E-state index contributed by atoms with van der Waals surface area (Å²) >= 11 is 0. The molecule has 9 rings (SSSR count). The number of hydrogen-bond donors (Lipinski definition) is 1. The topological polar surface area (TPSA) is 162 Å². The number of hydrogen-bond acceptors (Lipinski definition) is 12. The van der Waals surface area contributed by atoms with Crippen LogP contribution in [-0.4, -0.2) is 59.9 Å². The fourth-order valence-electron chi connectivity index (χ4n) is 9.17. The number of benzene rings is 6. The zero-order valence-electron chi connectivity index (χ0n) is 40.5. The van der Waals surface area contributed by atoms with E-state index in [1.165, 1.54) is 0 Å². The van der Waals surface area contributed by atoms with Crippen molar-refractivity contribution >= 4 is 37.5 Å². The molecule has 0 radical (unpaired) electrons. The van der Waals surface area contributed by atoms with Gasteiger partial charge in [0.2, 0.25) is 0 Å². The van der Waals surface area contributed by atoms with E-state index in [4.69, 9.17) is 37.2 Å². The summed E-state index contributed by atoms with van der Waals surface area (Å²) in [5.41, 5.74) is 3.44. The highest BCUT2D eigenvalue weighted by Crippen LogP contribution is 2.54. The highest BCUT2D eigenvalue weighted by Gasteiger charge is 2.53. The van der Waals surface area contributed by atoms with Crippen LogP contribution < -0.4 is 26.4 Å². The lowest BCUT2D eigenvalue weighted by atomic mass is 10.0. The predicted octanol–water partition coefficient (Wildman–Crippen LogP) is 9.20. The molecule has 3 aliphatic heterocycles. The minimum Gasteiger partial charge on any atom is -0.497 e. The highest BCUT2D eigenvalue weighted by molar-refractivity contribution is 7.48. The van der Waals surface area contributed by atoms with Gasteiger partial charge in [-0.2, -0.15) is 4.98 Å². The number of phosphoric acid groups is 1. The van der Waals surface area contributed by atoms with E-state index in [2.05, 4.69) is 55.0 Å². The van der Waals surface area contributed by atoms with Crippen LogP contribution in [0.2, 0.25) is 5.04 Å². The Labute approximate surface area is 413 Å². The number of nitrogens with zero attached hydrogens (tertiary/aromatic N) is 3. The summed E-state index contributed by atoms with van der Waals surface area (Å²) in [6.07, 6.45) is -4.45. The number of aryl methyl sites for hydroxylation is 2. The maximum atomic E-state index is 15.7. The number of H-pyrrole nitrogens is 1. The van der Waals surface area contributed by atoms with Gasteiger partial charge in [-0.15, -0.1) is 0 Å². The van der Waals surface area contributed by atoms with Gasteiger partial charge in [0, 0.05) is 5.56 Å². The van der Waals surface area contributed by atoms with E-state index in [9.17, 15) is 9.59 Å². The minimum atomic E-state index is -4.60. The summed E-state index contributed by atoms with van der Waals surface area (Å²) < 4.78 is 64.1. The molecule has 1 saturated heterocycles. The normalized spacial score (nSPS) is 17.7. The first-order valence-electron chi connectivity index (χ1n) is 23.5. The third-order valence-corrected chi connectivity index (χ3v) is 19.3. The van der Waals surface area contributed by atoms with Crippen molar-refractivity contribution < 1.29 is 36.8 Å². The molecule has 1 fully saturated rings. The van der Waals surface area contributed by atoms with Crippen molar-refractivity contribution in [3.05, 3.63) is 206 Å². The van der Waals surface area contributed by atoms with Crippen LogP contribution in [0.15, 0.2) is 167 Å². The molecular weight excluding hydrogens is 936 g/mol. The van der Waals surface area contributed by atoms with Gasteiger partial charge in [-0.3, -0.25) is 23.3 Å². The Kier molecular flexibility index (Phi) is 14.8. The van der Waals surface area contributed by atoms with Gasteiger partial charge in [0.15, 0.2) is 17.8 Å². The van der Waals surface area contributed by atoms with Gasteiger partial charge in [-0.05, 0) is 75.8 Å². The van der Waals surface area contributed by atoms with Crippen LogP contribution in [-0.2, 0) is 51.8 Å². The third kappa shape index (κ3) is 10.8. The number of rotatable bonds is 17. The number of phosphoric ester groups is 1. The first-order valence-corrected chi connectivity index (χ1v) is 26.9. The lowest BCUT2D eigenvalue weighted by molar-refractivity contribution is -0.292. The molecule has 71 heavy (non-hydrogen) atoms. The Balaban J connectivity index is 1.23. The van der Waals surface area contributed by atoms with Crippen LogP contribution >= 0.6 is 7.82 Å². The molecule has 366 valence electrons. The number of aromatic amines is 1. The molecule has 0 aliphatic carbocycles. The second kappa shape index (κ2) is 21.1. The summed E-state index contributed by atoms with van der Waals surface area (Å²) in [7, 11) is -6.28. The Morgan fingerprint density at radius 2 is 1.24 bits per heavy atom. The molecule has 16 heteroatoms. The van der Waals surface area contributed by atoms with Crippen molar-refractivity contribution in [2.45, 2.75) is 84.0 Å². The number of ether oxygens (including phenoxy) is 3. The SMILES string of the molecule is COc1ccc([C@H]2O[C@@H](Cn3c4nc(=O)[nH]c(=O)c-4nc4cc(C)c(C)cc43)[C@H](OP(=O)(OCc3ccccc3)OCc3ccccc3)[C@@H](CO[Si](c3ccccc3)(c3ccccc3)C(C)(C)C)O2)cc1. The molecule has 3 aliphatic rings. The average Bonchev–Trinajstić information content (AvgIpc) is 3.38. The van der Waals surface area contributed by atoms with Crippen LogP contribution in [0.5, 0.6) is 5.75 Å². The fourth-order valence-corrected chi connectivity index (χ4v) is 15.1. The molecule has 0 bridgehead atoms. The molecule has 0 amide bonds. The summed E-state index contributed by atoms with van der Waals surface area (Å²) in [5.74, 6) is 0.648. The van der Waals surface area contributed by atoms with Crippen molar-refractivity contribution in [2.75, 3.05) is 13.7 Å². The maximum Gasteiger partial charge on any atom is 0.475 e. The Hall–Kier alpha value is -6.39. The second-order valence-electron chi connectivity index (χ2n) is 18.7. The summed E-state index contributed by atoms with van der Waals surface area (Å²) in [4.78, 5) is 38.0. The Bertz CT molecular complexity index is 3120. The molecule has 1 N–H and O–H groups in total. The van der Waals surface area contributed by atoms with E-state index < -0.39 is 57.0 Å². The van der Waals surface area contributed by atoms with Gasteiger partial charge < -0.3 is 23.2 Å². The molecule has 6 aromatic carbocycles. The van der Waals surface area contributed by atoms with Gasteiger partial charge >= 0.3 is 13.5 Å².